The van der Waals surface area contributed by atoms with Crippen molar-refractivity contribution in [3.63, 3.8) is 0 Å². The fourth-order valence-electron chi connectivity index (χ4n) is 1.10. The van der Waals surface area contributed by atoms with Crippen LogP contribution in [0.15, 0.2) is 24.3 Å². The minimum Gasteiger partial charge on any atom is -0.497 e. The minimum absolute atomic E-state index is 0.333. The second kappa shape index (κ2) is 4.62. The van der Waals surface area contributed by atoms with E-state index in [0.717, 1.165) is 11.3 Å². The van der Waals surface area contributed by atoms with Gasteiger partial charge in [0.25, 0.3) is 0 Å². The lowest BCUT2D eigenvalue weighted by Gasteiger charge is -2.06. The van der Waals surface area contributed by atoms with Gasteiger partial charge in [0.2, 0.25) is 0 Å². The van der Waals surface area contributed by atoms with E-state index in [1.807, 2.05) is 12.1 Å². The Morgan fingerprint density at radius 3 is 2.50 bits per heavy atom. The van der Waals surface area contributed by atoms with Crippen LogP contribution < -0.4 is 10.5 Å². The molecule has 0 saturated carbocycles. The summed E-state index contributed by atoms with van der Waals surface area (Å²) in [6.07, 6.45) is 0.333. The molecular formula is C10H13NO3. The highest BCUT2D eigenvalue weighted by Crippen LogP contribution is 2.12. The Morgan fingerprint density at radius 2 is 2.07 bits per heavy atom. The fourth-order valence-corrected chi connectivity index (χ4v) is 1.10. The Labute approximate surface area is 82.3 Å². The van der Waals surface area contributed by atoms with Crippen molar-refractivity contribution >= 4 is 5.97 Å². The van der Waals surface area contributed by atoms with E-state index >= 15 is 0 Å². The van der Waals surface area contributed by atoms with Crippen LogP contribution in [0.1, 0.15) is 5.56 Å². The Morgan fingerprint density at radius 1 is 1.50 bits per heavy atom. The summed E-state index contributed by atoms with van der Waals surface area (Å²) in [7, 11) is 1.58. The first kappa shape index (κ1) is 10.5. The molecule has 1 rings (SSSR count). The van der Waals surface area contributed by atoms with Crippen LogP contribution >= 0.6 is 0 Å². The van der Waals surface area contributed by atoms with Crippen LogP contribution in [0.2, 0.25) is 0 Å². The number of ether oxygens (including phenoxy) is 1. The molecule has 0 aromatic heterocycles. The number of hydrogen-bond donors (Lipinski definition) is 2. The molecule has 4 heteroatoms. The highest BCUT2D eigenvalue weighted by Gasteiger charge is 2.11. The predicted molar refractivity (Wildman–Crippen MR) is 52.3 cm³/mol. The van der Waals surface area contributed by atoms with E-state index in [0.29, 0.717) is 6.42 Å². The molecule has 0 aliphatic heterocycles. The molecule has 0 spiro atoms. The lowest BCUT2D eigenvalue weighted by molar-refractivity contribution is -0.138. The highest BCUT2D eigenvalue weighted by molar-refractivity contribution is 5.73. The molecule has 0 aliphatic carbocycles. The molecule has 0 saturated heterocycles. The van der Waals surface area contributed by atoms with E-state index in [1.165, 1.54) is 0 Å². The van der Waals surface area contributed by atoms with Gasteiger partial charge in [0.15, 0.2) is 0 Å². The molecule has 1 aromatic carbocycles. The summed E-state index contributed by atoms with van der Waals surface area (Å²) in [4.78, 5) is 10.5. The van der Waals surface area contributed by atoms with Gasteiger partial charge in [-0.2, -0.15) is 0 Å². The van der Waals surface area contributed by atoms with Gasteiger partial charge in [-0.15, -0.1) is 0 Å². The zero-order valence-corrected chi connectivity index (χ0v) is 7.93. The van der Waals surface area contributed by atoms with E-state index in [2.05, 4.69) is 0 Å². The third kappa shape index (κ3) is 2.74. The Hall–Kier alpha value is -1.55. The van der Waals surface area contributed by atoms with Crippen molar-refractivity contribution in [3.05, 3.63) is 29.8 Å². The largest absolute Gasteiger partial charge is 0.497 e. The van der Waals surface area contributed by atoms with Gasteiger partial charge >= 0.3 is 5.97 Å². The smallest absolute Gasteiger partial charge is 0.320 e. The molecule has 0 amide bonds. The maximum absolute atomic E-state index is 10.5. The molecule has 4 nitrogen and oxygen atoms in total. The minimum atomic E-state index is -0.985. The molecule has 1 atom stereocenters. The van der Waals surface area contributed by atoms with Gasteiger partial charge in [-0.05, 0) is 24.1 Å². The van der Waals surface area contributed by atoms with Crippen LogP contribution in [0.25, 0.3) is 0 Å². The zero-order chi connectivity index (χ0) is 10.6. The number of benzene rings is 1. The predicted octanol–water partition coefficient (Wildman–Crippen LogP) is 0.650. The molecule has 1 aromatic rings. The molecule has 0 unspecified atom stereocenters. The molecule has 76 valence electrons. The van der Waals surface area contributed by atoms with Gasteiger partial charge < -0.3 is 15.6 Å². The third-order valence-electron chi connectivity index (χ3n) is 1.93. The van der Waals surface area contributed by atoms with E-state index in [9.17, 15) is 4.79 Å². The molecule has 3 N–H and O–H groups in total. The normalized spacial score (nSPS) is 12.1. The fraction of sp³-hybridized carbons (Fsp3) is 0.300. The van der Waals surface area contributed by atoms with Crippen LogP contribution in [-0.4, -0.2) is 24.2 Å². The van der Waals surface area contributed by atoms with E-state index in [-0.39, 0.29) is 0 Å². The maximum Gasteiger partial charge on any atom is 0.320 e. The number of carboxylic acids is 1. The van der Waals surface area contributed by atoms with E-state index in [4.69, 9.17) is 15.6 Å². The summed E-state index contributed by atoms with van der Waals surface area (Å²) in [5.41, 5.74) is 6.28. The molecule has 0 aliphatic rings. The number of aliphatic carboxylic acids is 1. The molecular weight excluding hydrogens is 183 g/mol. The van der Waals surface area contributed by atoms with Crippen LogP contribution in [0.5, 0.6) is 5.75 Å². The van der Waals surface area contributed by atoms with Crippen molar-refractivity contribution in [3.8, 4) is 5.75 Å². The quantitative estimate of drug-likeness (QED) is 0.693. The van der Waals surface area contributed by atoms with Crippen molar-refractivity contribution in [2.45, 2.75) is 12.5 Å². The number of hydrogen-bond acceptors (Lipinski definition) is 3. The number of carboxylic acid groups (broad SMARTS) is 1. The summed E-state index contributed by atoms with van der Waals surface area (Å²) in [6.45, 7) is 0. The van der Waals surface area contributed by atoms with Gasteiger partial charge in [-0.1, -0.05) is 12.1 Å². The Kier molecular flexibility index (Phi) is 3.48. The van der Waals surface area contributed by atoms with Gasteiger partial charge in [-0.3, -0.25) is 4.79 Å². The number of nitrogens with two attached hydrogens (primary N) is 1. The Bertz CT molecular complexity index is 308. The zero-order valence-electron chi connectivity index (χ0n) is 7.93. The summed E-state index contributed by atoms with van der Waals surface area (Å²) >= 11 is 0. The van der Waals surface area contributed by atoms with Crippen molar-refractivity contribution in [1.82, 2.24) is 0 Å². The number of carbonyl (C=O) groups is 1. The van der Waals surface area contributed by atoms with Crippen LogP contribution in [-0.2, 0) is 11.2 Å². The molecule has 0 heterocycles. The number of rotatable bonds is 4. The average Bonchev–Trinajstić information content (AvgIpc) is 2.19. The first-order chi connectivity index (χ1) is 6.63. The van der Waals surface area contributed by atoms with Gasteiger partial charge in [-0.25, -0.2) is 0 Å². The first-order valence-corrected chi connectivity index (χ1v) is 4.25. The summed E-state index contributed by atoms with van der Waals surface area (Å²) in [5.74, 6) is -0.238. The van der Waals surface area contributed by atoms with Crippen molar-refractivity contribution in [2.24, 2.45) is 5.73 Å². The highest BCUT2D eigenvalue weighted by atomic mass is 16.5. The van der Waals surface area contributed by atoms with E-state index in [1.54, 1.807) is 19.2 Å². The van der Waals surface area contributed by atoms with Crippen molar-refractivity contribution in [2.75, 3.05) is 7.11 Å². The second-order valence-electron chi connectivity index (χ2n) is 3.00. The lowest BCUT2D eigenvalue weighted by atomic mass is 10.1. The number of methoxy groups -OCH3 is 1. The lowest BCUT2D eigenvalue weighted by Crippen LogP contribution is -2.32. The van der Waals surface area contributed by atoms with Gasteiger partial charge in [0.05, 0.1) is 7.11 Å². The van der Waals surface area contributed by atoms with Crippen LogP contribution in [0, 0.1) is 0 Å². The summed E-state index contributed by atoms with van der Waals surface area (Å²) in [6, 6.07) is 6.33. The summed E-state index contributed by atoms with van der Waals surface area (Å²) < 4.78 is 4.97. The topological polar surface area (TPSA) is 72.5 Å². The standard InChI is InChI=1S/C10H13NO3/c1-14-8-4-2-7(3-5-8)6-9(11)10(12)13/h2-5,9H,6,11H2,1H3,(H,12,13)/t9-/m0/s1/i11+1. The van der Waals surface area contributed by atoms with Crippen LogP contribution in [0.3, 0.4) is 0 Å². The van der Waals surface area contributed by atoms with E-state index < -0.39 is 12.0 Å². The SMILES string of the molecule is COc1ccc(C[C@H]([15NH2])C(=O)O)cc1. The second-order valence-corrected chi connectivity index (χ2v) is 3.00. The maximum atomic E-state index is 10.5. The molecule has 0 fully saturated rings. The molecule has 0 radical (unpaired) electrons. The van der Waals surface area contributed by atoms with Gasteiger partial charge in [0, 0.05) is 0 Å². The van der Waals surface area contributed by atoms with Crippen molar-refractivity contribution < 1.29 is 14.6 Å². The monoisotopic (exact) mass is 196 g/mol. The van der Waals surface area contributed by atoms with Crippen LogP contribution in [0.4, 0.5) is 0 Å². The molecule has 14 heavy (non-hydrogen) atoms. The average molecular weight is 196 g/mol. The van der Waals surface area contributed by atoms with Gasteiger partial charge in [0.1, 0.15) is 11.8 Å². The van der Waals surface area contributed by atoms with Crippen molar-refractivity contribution in [1.29, 1.82) is 0 Å². The Balaban J connectivity index is 2.64. The molecule has 0 bridgehead atoms. The third-order valence-corrected chi connectivity index (χ3v) is 1.93. The summed E-state index contributed by atoms with van der Waals surface area (Å²) in [5, 5.41) is 8.59. The first-order valence-electron chi connectivity index (χ1n) is 4.25.